The van der Waals surface area contributed by atoms with E-state index in [1.54, 1.807) is 0 Å². The Kier molecular flexibility index (Phi) is 2.99. The molecule has 1 aliphatic rings. The summed E-state index contributed by atoms with van der Waals surface area (Å²) in [7, 11) is 0. The minimum Gasteiger partial charge on any atom is -0.326 e. The largest absolute Gasteiger partial charge is 0.417 e. The molecule has 0 bridgehead atoms. The Balaban J connectivity index is 2.23. The second-order valence-electron chi connectivity index (χ2n) is 4.41. The van der Waals surface area contributed by atoms with Gasteiger partial charge in [0.25, 0.3) is 5.56 Å². The lowest BCUT2D eigenvalue weighted by Crippen LogP contribution is -2.33. The molecule has 94 valence electrons. The third kappa shape index (κ3) is 2.88. The van der Waals surface area contributed by atoms with Crippen molar-refractivity contribution in [3.05, 3.63) is 34.2 Å². The van der Waals surface area contributed by atoms with Gasteiger partial charge in [-0.3, -0.25) is 4.79 Å². The van der Waals surface area contributed by atoms with E-state index in [-0.39, 0.29) is 12.6 Å². The summed E-state index contributed by atoms with van der Waals surface area (Å²) in [6.07, 6.45) is -1.60. The van der Waals surface area contributed by atoms with Gasteiger partial charge in [-0.15, -0.1) is 0 Å². The molecule has 1 fully saturated rings. The van der Waals surface area contributed by atoms with E-state index in [0.29, 0.717) is 5.92 Å². The Bertz CT molecular complexity index is 463. The van der Waals surface area contributed by atoms with Crippen molar-refractivity contribution in [1.82, 2.24) is 4.57 Å². The monoisotopic (exact) mass is 246 g/mol. The van der Waals surface area contributed by atoms with E-state index in [1.807, 2.05) is 0 Å². The smallest absolute Gasteiger partial charge is 0.326 e. The number of nitrogens with zero attached hydrogens (tertiary/aromatic N) is 1. The number of pyridine rings is 1. The van der Waals surface area contributed by atoms with Gasteiger partial charge in [-0.25, -0.2) is 0 Å². The lowest BCUT2D eigenvalue weighted by atomic mass is 10.2. The van der Waals surface area contributed by atoms with E-state index in [2.05, 4.69) is 0 Å². The fourth-order valence-corrected chi connectivity index (χ4v) is 1.74. The van der Waals surface area contributed by atoms with Gasteiger partial charge in [0.2, 0.25) is 0 Å². The molecule has 1 saturated carbocycles. The number of nitrogens with two attached hydrogens (primary N) is 1. The van der Waals surface area contributed by atoms with Crippen molar-refractivity contribution in [2.24, 2.45) is 11.7 Å². The molecule has 1 aromatic rings. The normalized spacial score (nSPS) is 18.1. The molecule has 1 heterocycles. The molecular weight excluding hydrogens is 233 g/mol. The summed E-state index contributed by atoms with van der Waals surface area (Å²) in [6.45, 7) is 0.146. The summed E-state index contributed by atoms with van der Waals surface area (Å²) in [5, 5.41) is 0. The van der Waals surface area contributed by atoms with Crippen LogP contribution >= 0.6 is 0 Å². The predicted molar refractivity (Wildman–Crippen MR) is 56.4 cm³/mol. The van der Waals surface area contributed by atoms with Gasteiger partial charge in [0.15, 0.2) is 0 Å². The van der Waals surface area contributed by atoms with Gasteiger partial charge in [-0.2, -0.15) is 13.2 Å². The average Bonchev–Trinajstić information content (AvgIpc) is 3.02. The molecule has 0 aromatic carbocycles. The van der Waals surface area contributed by atoms with E-state index in [0.717, 1.165) is 35.7 Å². The van der Waals surface area contributed by atoms with Gasteiger partial charge < -0.3 is 10.3 Å². The number of rotatable bonds is 3. The molecule has 6 heteroatoms. The summed E-state index contributed by atoms with van der Waals surface area (Å²) in [4.78, 5) is 11.4. The average molecular weight is 246 g/mol. The Morgan fingerprint density at radius 3 is 2.59 bits per heavy atom. The highest BCUT2D eigenvalue weighted by molar-refractivity contribution is 5.13. The molecule has 0 spiro atoms. The number of hydrogen-bond acceptors (Lipinski definition) is 2. The number of hydrogen-bond donors (Lipinski definition) is 1. The first-order valence-electron chi connectivity index (χ1n) is 5.41. The summed E-state index contributed by atoms with van der Waals surface area (Å²) in [6, 6.07) is 1.49. The van der Waals surface area contributed by atoms with Crippen LogP contribution in [0.3, 0.4) is 0 Å². The van der Waals surface area contributed by atoms with Crippen LogP contribution in [0.25, 0.3) is 0 Å². The van der Waals surface area contributed by atoms with Crippen LogP contribution in [0.4, 0.5) is 13.2 Å². The van der Waals surface area contributed by atoms with Crippen molar-refractivity contribution in [3.63, 3.8) is 0 Å². The third-order valence-corrected chi connectivity index (χ3v) is 2.95. The van der Waals surface area contributed by atoms with Crippen LogP contribution in [0.15, 0.2) is 23.1 Å². The third-order valence-electron chi connectivity index (χ3n) is 2.95. The molecule has 3 nitrogen and oxygen atoms in total. The van der Waals surface area contributed by atoms with Crippen LogP contribution in [0.1, 0.15) is 18.4 Å². The molecule has 0 radical (unpaired) electrons. The molecule has 2 N–H and O–H groups in total. The van der Waals surface area contributed by atoms with Crippen LogP contribution in [0, 0.1) is 5.92 Å². The van der Waals surface area contributed by atoms with Crippen molar-refractivity contribution in [2.45, 2.75) is 31.6 Å². The molecule has 1 aliphatic carbocycles. The van der Waals surface area contributed by atoms with Gasteiger partial charge in [0.05, 0.1) is 5.56 Å². The number of aromatic nitrogens is 1. The number of halogens is 3. The lowest BCUT2D eigenvalue weighted by molar-refractivity contribution is -0.138. The Morgan fingerprint density at radius 2 is 2.06 bits per heavy atom. The van der Waals surface area contributed by atoms with E-state index >= 15 is 0 Å². The zero-order valence-electron chi connectivity index (χ0n) is 9.07. The van der Waals surface area contributed by atoms with Crippen LogP contribution in [-0.2, 0) is 12.7 Å². The molecule has 0 aliphatic heterocycles. The Hall–Kier alpha value is -1.30. The maximum atomic E-state index is 12.5. The maximum Gasteiger partial charge on any atom is 0.417 e. The van der Waals surface area contributed by atoms with Gasteiger partial charge in [-0.1, -0.05) is 0 Å². The van der Waals surface area contributed by atoms with Crippen LogP contribution in [0.2, 0.25) is 0 Å². The van der Waals surface area contributed by atoms with E-state index in [1.165, 1.54) is 0 Å². The second-order valence-corrected chi connectivity index (χ2v) is 4.41. The predicted octanol–water partition coefficient (Wildman–Crippen LogP) is 1.60. The standard InChI is InChI=1S/C11H13F3N2O/c12-11(13,14)8-3-4-10(17)16(5-8)6-9(15)7-1-2-7/h3-5,7,9H,1-2,6,15H2. The molecule has 17 heavy (non-hydrogen) atoms. The van der Waals surface area contributed by atoms with Crippen LogP contribution in [0.5, 0.6) is 0 Å². The second kappa shape index (κ2) is 4.18. The topological polar surface area (TPSA) is 48.0 Å². The van der Waals surface area contributed by atoms with Crippen LogP contribution in [-0.4, -0.2) is 10.6 Å². The zero-order chi connectivity index (χ0) is 12.6. The van der Waals surface area contributed by atoms with E-state index < -0.39 is 17.3 Å². The van der Waals surface area contributed by atoms with Gasteiger partial charge in [0.1, 0.15) is 0 Å². The van der Waals surface area contributed by atoms with Crippen molar-refractivity contribution in [2.75, 3.05) is 0 Å². The first-order chi connectivity index (χ1) is 7.88. The van der Waals surface area contributed by atoms with E-state index in [9.17, 15) is 18.0 Å². The van der Waals surface area contributed by atoms with Crippen LogP contribution < -0.4 is 11.3 Å². The van der Waals surface area contributed by atoms with Crippen molar-refractivity contribution in [1.29, 1.82) is 0 Å². The molecule has 2 rings (SSSR count). The summed E-state index contributed by atoms with van der Waals surface area (Å²) in [5.74, 6) is 0.344. The van der Waals surface area contributed by atoms with Crippen molar-refractivity contribution >= 4 is 0 Å². The highest BCUT2D eigenvalue weighted by Crippen LogP contribution is 2.32. The minimum absolute atomic E-state index is 0.146. The maximum absolute atomic E-state index is 12.5. The molecule has 0 saturated heterocycles. The van der Waals surface area contributed by atoms with Gasteiger partial charge in [-0.05, 0) is 24.8 Å². The summed E-state index contributed by atoms with van der Waals surface area (Å²) < 4.78 is 38.4. The quantitative estimate of drug-likeness (QED) is 0.880. The molecule has 0 amide bonds. The Labute approximate surface area is 96.0 Å². The first kappa shape index (κ1) is 12.2. The fourth-order valence-electron chi connectivity index (χ4n) is 1.74. The van der Waals surface area contributed by atoms with Crippen molar-refractivity contribution < 1.29 is 13.2 Å². The fraction of sp³-hybridized carbons (Fsp3) is 0.545. The molecule has 1 aromatic heterocycles. The molecular formula is C11H13F3N2O. The summed E-state index contributed by atoms with van der Waals surface area (Å²) in [5.41, 5.74) is 4.53. The zero-order valence-corrected chi connectivity index (χ0v) is 9.07. The van der Waals surface area contributed by atoms with Gasteiger partial charge >= 0.3 is 6.18 Å². The van der Waals surface area contributed by atoms with Crippen molar-refractivity contribution in [3.8, 4) is 0 Å². The highest BCUT2D eigenvalue weighted by atomic mass is 19.4. The highest BCUT2D eigenvalue weighted by Gasteiger charge is 2.32. The minimum atomic E-state index is -4.43. The number of alkyl halides is 3. The molecule has 1 atom stereocenters. The van der Waals surface area contributed by atoms with E-state index in [4.69, 9.17) is 5.73 Å². The first-order valence-corrected chi connectivity index (χ1v) is 5.41. The SMILES string of the molecule is NC(Cn1cc(C(F)(F)F)ccc1=O)C1CC1. The van der Waals surface area contributed by atoms with Gasteiger partial charge in [0, 0.05) is 24.8 Å². The molecule has 1 unspecified atom stereocenters. The lowest BCUT2D eigenvalue weighted by Gasteiger charge is -2.14. The summed E-state index contributed by atoms with van der Waals surface area (Å²) >= 11 is 0. The Morgan fingerprint density at radius 1 is 1.41 bits per heavy atom.